The minimum Gasteiger partial charge on any atom is -0.462 e. The van der Waals surface area contributed by atoms with Crippen LogP contribution in [0.25, 0.3) is 0 Å². The highest BCUT2D eigenvalue weighted by Gasteiger charge is 2.62. The van der Waals surface area contributed by atoms with Crippen LogP contribution in [-0.2, 0) is 9.53 Å². The van der Waals surface area contributed by atoms with Crippen molar-refractivity contribution in [1.82, 2.24) is 9.97 Å². The summed E-state index contributed by atoms with van der Waals surface area (Å²) in [5.41, 5.74) is -0.185. The number of esters is 1. The summed E-state index contributed by atoms with van der Waals surface area (Å²) in [7, 11) is 0. The molecular weight excluding hydrogens is 676 g/mol. The number of nitrogens with zero attached hydrogens (tertiary/aromatic N) is 4. The molecule has 8 nitrogen and oxygen atoms in total. The fourth-order valence-corrected chi connectivity index (χ4v) is 5.69. The summed E-state index contributed by atoms with van der Waals surface area (Å²) < 4.78 is 68.7. The first-order chi connectivity index (χ1) is 23.6. The molecule has 0 radical (unpaired) electrons. The van der Waals surface area contributed by atoms with Gasteiger partial charge in [-0.15, -0.1) is 5.92 Å². The number of para-hydroxylation sites is 1. The van der Waals surface area contributed by atoms with Gasteiger partial charge >= 0.3 is 12.1 Å². The molecule has 2 fully saturated rings. The fraction of sp³-hybridized carbons (Fsp3) is 0.405. The van der Waals surface area contributed by atoms with E-state index in [9.17, 15) is 27.6 Å². The summed E-state index contributed by atoms with van der Waals surface area (Å²) in [5.74, 6) is 3.92. The smallest absolute Gasteiger partial charge is 0.426 e. The third-order valence-electron chi connectivity index (χ3n) is 8.43. The van der Waals surface area contributed by atoms with Crippen molar-refractivity contribution in [3.8, 4) is 35.3 Å². The lowest BCUT2D eigenvalue weighted by atomic mass is 9.93. The second-order valence-electron chi connectivity index (χ2n) is 13.1. The Morgan fingerprint density at radius 1 is 1.12 bits per heavy atom. The molecule has 2 heterocycles. The van der Waals surface area contributed by atoms with Crippen LogP contribution in [0.5, 0.6) is 17.4 Å². The van der Waals surface area contributed by atoms with Gasteiger partial charge in [0.1, 0.15) is 28.9 Å². The maximum Gasteiger partial charge on any atom is 0.426 e. The predicted molar refractivity (Wildman–Crippen MR) is 180 cm³/mol. The standard InChI is InChI=1S/C23H19ClF3NO3.C14H18FN3O/c1-22(2)17(12-19(24)23(25,26)27)20(22)21(29)31-18(13-28)14-7-6-10-16(11-14)30-15-8-4-3-5-9-15;1-4-5-8-19-13-11(15)12(16-10-17-13)18-7-6-14(2,3)9-18/h3-12,17-18,20H,1-2H3;10H,6-9H2,1-3H3/b19-12-;/t17-,18+,20-;/m1./s1. The molecule has 264 valence electrons. The molecule has 0 spiro atoms. The van der Waals surface area contributed by atoms with Crippen molar-refractivity contribution >= 4 is 23.4 Å². The van der Waals surface area contributed by atoms with Crippen LogP contribution < -0.4 is 14.4 Å². The predicted octanol–water partition coefficient (Wildman–Crippen LogP) is 8.80. The molecule has 0 N–H and O–H groups in total. The van der Waals surface area contributed by atoms with Gasteiger partial charge in [0.05, 0.1) is 5.92 Å². The largest absolute Gasteiger partial charge is 0.462 e. The van der Waals surface area contributed by atoms with Crippen molar-refractivity contribution in [2.45, 2.75) is 53.3 Å². The van der Waals surface area contributed by atoms with Crippen molar-refractivity contribution in [3.63, 3.8) is 0 Å². The van der Waals surface area contributed by atoms with Crippen molar-refractivity contribution in [2.75, 3.05) is 24.6 Å². The Hall–Kier alpha value is -4.81. The Labute approximate surface area is 294 Å². The highest BCUT2D eigenvalue weighted by molar-refractivity contribution is 6.30. The van der Waals surface area contributed by atoms with Gasteiger partial charge < -0.3 is 19.1 Å². The summed E-state index contributed by atoms with van der Waals surface area (Å²) in [6.07, 6.45) is -2.72. The first-order valence-corrected chi connectivity index (χ1v) is 16.1. The molecule has 3 atom stereocenters. The Balaban J connectivity index is 0.000000252. The second kappa shape index (κ2) is 15.8. The summed E-state index contributed by atoms with van der Waals surface area (Å²) in [6, 6.07) is 17.4. The van der Waals surface area contributed by atoms with Crippen LogP contribution in [0, 0.1) is 51.7 Å². The average molecular weight is 713 g/mol. The molecule has 50 heavy (non-hydrogen) atoms. The molecule has 2 aromatic carbocycles. The summed E-state index contributed by atoms with van der Waals surface area (Å²) in [4.78, 5) is 22.4. The number of benzene rings is 2. The number of alkyl halides is 3. The number of carbonyl (C=O) groups excluding carboxylic acids is 1. The van der Waals surface area contributed by atoms with Crippen molar-refractivity contribution in [2.24, 2.45) is 22.7 Å². The number of ether oxygens (including phenoxy) is 3. The van der Waals surface area contributed by atoms with E-state index in [4.69, 9.17) is 25.8 Å². The summed E-state index contributed by atoms with van der Waals surface area (Å²) in [5, 5.41) is 8.23. The molecular formula is C37H37ClF4N4O4. The zero-order valence-electron chi connectivity index (χ0n) is 28.2. The van der Waals surface area contributed by atoms with Gasteiger partial charge in [0.15, 0.2) is 12.4 Å². The van der Waals surface area contributed by atoms with Gasteiger partial charge in [-0.2, -0.15) is 27.8 Å². The summed E-state index contributed by atoms with van der Waals surface area (Å²) in [6.45, 7) is 11.1. The molecule has 0 amide bonds. The highest BCUT2D eigenvalue weighted by atomic mass is 35.5. The molecule has 1 aromatic heterocycles. The topological polar surface area (TPSA) is 97.6 Å². The van der Waals surface area contributed by atoms with E-state index in [1.807, 2.05) is 29.2 Å². The van der Waals surface area contributed by atoms with Crippen LogP contribution in [0.2, 0.25) is 0 Å². The highest BCUT2D eigenvalue weighted by Crippen LogP contribution is 2.60. The minimum atomic E-state index is -4.68. The fourth-order valence-electron chi connectivity index (χ4n) is 5.55. The van der Waals surface area contributed by atoms with Crippen LogP contribution in [0.4, 0.5) is 23.4 Å². The number of anilines is 1. The zero-order chi connectivity index (χ0) is 36.7. The monoisotopic (exact) mass is 712 g/mol. The molecule has 1 saturated carbocycles. The number of halogens is 5. The van der Waals surface area contributed by atoms with Crippen LogP contribution in [0.3, 0.4) is 0 Å². The molecule has 0 bridgehead atoms. The van der Waals surface area contributed by atoms with E-state index in [1.165, 1.54) is 6.33 Å². The Morgan fingerprint density at radius 3 is 2.44 bits per heavy atom. The molecule has 5 rings (SSSR count). The van der Waals surface area contributed by atoms with Gasteiger partial charge in [0.25, 0.3) is 5.88 Å². The first kappa shape index (κ1) is 38.0. The van der Waals surface area contributed by atoms with Crippen LogP contribution in [0.15, 0.2) is 72.0 Å². The minimum absolute atomic E-state index is 0.0301. The molecule has 13 heteroatoms. The van der Waals surface area contributed by atoms with Gasteiger partial charge in [-0.05, 0) is 54.4 Å². The van der Waals surface area contributed by atoms with Crippen LogP contribution in [0.1, 0.15) is 52.7 Å². The van der Waals surface area contributed by atoms with Crippen molar-refractivity contribution < 1.29 is 36.6 Å². The van der Waals surface area contributed by atoms with E-state index in [-0.39, 0.29) is 17.9 Å². The molecule has 0 unspecified atom stereocenters. The van der Waals surface area contributed by atoms with E-state index >= 15 is 0 Å². The third-order valence-corrected chi connectivity index (χ3v) is 8.77. The molecule has 1 aliphatic carbocycles. The normalized spacial score (nSPS) is 19.5. The van der Waals surface area contributed by atoms with E-state index < -0.39 is 46.3 Å². The van der Waals surface area contributed by atoms with Gasteiger partial charge in [-0.1, -0.05) is 81.6 Å². The number of rotatable bonds is 9. The number of hydrogen-bond acceptors (Lipinski definition) is 8. The third kappa shape index (κ3) is 9.66. The zero-order valence-corrected chi connectivity index (χ0v) is 29.0. The molecule has 1 saturated heterocycles. The van der Waals surface area contributed by atoms with Gasteiger partial charge in [0.2, 0.25) is 11.9 Å². The van der Waals surface area contributed by atoms with Crippen molar-refractivity contribution in [1.29, 1.82) is 5.26 Å². The number of aromatic nitrogens is 2. The Bertz CT molecular complexity index is 1800. The van der Waals surface area contributed by atoms with E-state index in [0.29, 0.717) is 22.9 Å². The summed E-state index contributed by atoms with van der Waals surface area (Å²) >= 11 is 5.32. The first-order valence-electron chi connectivity index (χ1n) is 15.7. The SMILES string of the molecule is CC#CCOc1ncnc(N2CCC(C)(C)C2)c1F.CC1(C)[C@H](/C=C(\Cl)C(F)(F)F)[C@@H]1C(=O)O[C@@H](C#N)c1cccc(Oc2ccccc2)c1. The van der Waals surface area contributed by atoms with E-state index in [0.717, 1.165) is 25.6 Å². The molecule has 2 aliphatic rings. The van der Waals surface area contributed by atoms with Crippen LogP contribution >= 0.6 is 11.6 Å². The number of allylic oxidation sites excluding steroid dienone is 2. The number of nitriles is 1. The quantitative estimate of drug-likeness (QED) is 0.123. The average Bonchev–Trinajstić information content (AvgIpc) is 3.40. The van der Waals surface area contributed by atoms with Gasteiger partial charge in [-0.3, -0.25) is 4.79 Å². The lowest BCUT2D eigenvalue weighted by molar-refractivity contribution is -0.149. The Morgan fingerprint density at radius 2 is 1.82 bits per heavy atom. The molecule has 3 aromatic rings. The van der Waals surface area contributed by atoms with E-state index in [1.54, 1.807) is 57.2 Å². The van der Waals surface area contributed by atoms with E-state index in [2.05, 4.69) is 35.7 Å². The lowest BCUT2D eigenvalue weighted by Crippen LogP contribution is -2.25. The maximum atomic E-state index is 14.3. The number of hydrogen-bond donors (Lipinski definition) is 0. The Kier molecular flexibility index (Phi) is 12.0. The second-order valence-corrected chi connectivity index (χ2v) is 13.5. The molecule has 1 aliphatic heterocycles. The van der Waals surface area contributed by atoms with Gasteiger partial charge in [-0.25, -0.2) is 4.98 Å². The van der Waals surface area contributed by atoms with Gasteiger partial charge in [0, 0.05) is 18.7 Å². The van der Waals surface area contributed by atoms with Crippen LogP contribution in [-0.4, -0.2) is 41.8 Å². The lowest BCUT2D eigenvalue weighted by Gasteiger charge is -2.21. The maximum absolute atomic E-state index is 14.3. The number of carbonyl (C=O) groups is 1. The van der Waals surface area contributed by atoms with Crippen molar-refractivity contribution in [3.05, 3.63) is 83.4 Å².